The molecular formula is C12H22N2O. The highest BCUT2D eigenvalue weighted by Gasteiger charge is 2.17. The molecule has 1 saturated heterocycles. The van der Waals surface area contributed by atoms with Gasteiger partial charge in [-0.25, -0.2) is 0 Å². The van der Waals surface area contributed by atoms with Gasteiger partial charge in [0.2, 0.25) is 5.91 Å². The fraction of sp³-hybridized carbons (Fsp3) is 0.750. The lowest BCUT2D eigenvalue weighted by Crippen LogP contribution is -2.37. The Balaban J connectivity index is 2.19. The smallest absolute Gasteiger partial charge is 0.220 e. The summed E-state index contributed by atoms with van der Waals surface area (Å²) in [5.74, 6) is 0.702. The molecule has 0 aromatic rings. The van der Waals surface area contributed by atoms with Gasteiger partial charge in [-0.3, -0.25) is 4.79 Å². The summed E-state index contributed by atoms with van der Waals surface area (Å²) in [6, 6.07) is 0.214. The summed E-state index contributed by atoms with van der Waals surface area (Å²) in [7, 11) is 0. The molecule has 2 unspecified atom stereocenters. The van der Waals surface area contributed by atoms with Crippen molar-refractivity contribution in [2.75, 3.05) is 13.1 Å². The van der Waals surface area contributed by atoms with Crippen LogP contribution in [0.15, 0.2) is 12.7 Å². The van der Waals surface area contributed by atoms with Crippen LogP contribution in [0.3, 0.4) is 0 Å². The number of nitrogens with one attached hydrogen (secondary N) is 2. The highest BCUT2D eigenvalue weighted by Crippen LogP contribution is 2.13. The molecule has 3 heteroatoms. The summed E-state index contributed by atoms with van der Waals surface area (Å²) in [6.07, 6.45) is 5.71. The van der Waals surface area contributed by atoms with Crippen molar-refractivity contribution in [2.45, 2.75) is 38.6 Å². The molecular weight excluding hydrogens is 188 g/mol. The lowest BCUT2D eigenvalue weighted by Gasteiger charge is -2.22. The molecule has 3 nitrogen and oxygen atoms in total. The number of rotatable bonds is 5. The van der Waals surface area contributed by atoms with Crippen LogP contribution in [0.25, 0.3) is 0 Å². The average Bonchev–Trinajstić information content (AvgIpc) is 2.19. The summed E-state index contributed by atoms with van der Waals surface area (Å²) in [6.45, 7) is 7.77. The minimum atomic E-state index is 0.179. The van der Waals surface area contributed by atoms with E-state index in [9.17, 15) is 4.79 Å². The van der Waals surface area contributed by atoms with E-state index in [0.29, 0.717) is 12.3 Å². The van der Waals surface area contributed by atoms with Gasteiger partial charge >= 0.3 is 0 Å². The van der Waals surface area contributed by atoms with Gasteiger partial charge in [0.15, 0.2) is 0 Å². The summed E-state index contributed by atoms with van der Waals surface area (Å²) in [5.41, 5.74) is 0. The van der Waals surface area contributed by atoms with Gasteiger partial charge in [0.25, 0.3) is 0 Å². The molecule has 1 rings (SSSR count). The van der Waals surface area contributed by atoms with Crippen LogP contribution in [0.1, 0.15) is 32.6 Å². The van der Waals surface area contributed by atoms with Crippen LogP contribution in [0.5, 0.6) is 0 Å². The van der Waals surface area contributed by atoms with Gasteiger partial charge in [-0.05, 0) is 45.2 Å². The van der Waals surface area contributed by atoms with Crippen molar-refractivity contribution in [3.05, 3.63) is 12.7 Å². The number of carbonyl (C=O) groups is 1. The molecule has 0 aromatic carbocycles. The summed E-state index contributed by atoms with van der Waals surface area (Å²) >= 11 is 0. The summed E-state index contributed by atoms with van der Waals surface area (Å²) in [5, 5.41) is 6.31. The molecule has 2 atom stereocenters. The Bertz CT molecular complexity index is 210. The highest BCUT2D eigenvalue weighted by atomic mass is 16.1. The maximum absolute atomic E-state index is 11.6. The Kier molecular flexibility index (Phi) is 5.40. The van der Waals surface area contributed by atoms with E-state index in [1.165, 1.54) is 12.8 Å². The minimum absolute atomic E-state index is 0.179. The quantitative estimate of drug-likeness (QED) is 0.674. The van der Waals surface area contributed by atoms with Crippen molar-refractivity contribution in [3.8, 4) is 0 Å². The number of piperidine rings is 1. The van der Waals surface area contributed by atoms with Crippen LogP contribution in [-0.4, -0.2) is 25.0 Å². The predicted octanol–water partition coefficient (Wildman–Crippen LogP) is 1.46. The van der Waals surface area contributed by atoms with Crippen molar-refractivity contribution in [2.24, 2.45) is 5.92 Å². The molecule has 1 heterocycles. The minimum Gasteiger partial charge on any atom is -0.353 e. The first kappa shape index (κ1) is 12.2. The second-order valence-electron chi connectivity index (χ2n) is 4.41. The molecule has 0 aromatic heterocycles. The van der Waals surface area contributed by atoms with Gasteiger partial charge in [-0.15, -0.1) is 6.58 Å². The molecule has 2 N–H and O–H groups in total. The highest BCUT2D eigenvalue weighted by molar-refractivity contribution is 5.76. The van der Waals surface area contributed by atoms with E-state index >= 15 is 0 Å². The van der Waals surface area contributed by atoms with E-state index < -0.39 is 0 Å². The zero-order valence-corrected chi connectivity index (χ0v) is 9.59. The number of hydrogen-bond donors (Lipinski definition) is 2. The molecule has 15 heavy (non-hydrogen) atoms. The van der Waals surface area contributed by atoms with Crippen molar-refractivity contribution in [1.82, 2.24) is 10.6 Å². The Labute approximate surface area is 92.3 Å². The van der Waals surface area contributed by atoms with Gasteiger partial charge in [0, 0.05) is 12.5 Å². The molecule has 1 fully saturated rings. The third-order valence-electron chi connectivity index (χ3n) is 2.80. The molecule has 0 radical (unpaired) electrons. The SMILES string of the molecule is C=CCC(C)NC(=O)CC1CCCNC1. The van der Waals surface area contributed by atoms with E-state index in [1.54, 1.807) is 0 Å². The molecule has 86 valence electrons. The van der Waals surface area contributed by atoms with Crippen LogP contribution in [0.4, 0.5) is 0 Å². The predicted molar refractivity (Wildman–Crippen MR) is 62.6 cm³/mol. The van der Waals surface area contributed by atoms with Crippen LogP contribution in [0.2, 0.25) is 0 Å². The zero-order chi connectivity index (χ0) is 11.1. The topological polar surface area (TPSA) is 41.1 Å². The largest absolute Gasteiger partial charge is 0.353 e. The zero-order valence-electron chi connectivity index (χ0n) is 9.59. The molecule has 1 aliphatic rings. The van der Waals surface area contributed by atoms with Gasteiger partial charge in [0.05, 0.1) is 0 Å². The van der Waals surface area contributed by atoms with E-state index in [0.717, 1.165) is 19.5 Å². The molecule has 1 amide bonds. The van der Waals surface area contributed by atoms with Crippen LogP contribution in [0, 0.1) is 5.92 Å². The first-order valence-corrected chi connectivity index (χ1v) is 5.83. The Morgan fingerprint density at radius 3 is 3.13 bits per heavy atom. The lowest BCUT2D eigenvalue weighted by atomic mass is 9.96. The second kappa shape index (κ2) is 6.62. The molecule has 0 aliphatic carbocycles. The van der Waals surface area contributed by atoms with Crippen molar-refractivity contribution < 1.29 is 4.79 Å². The first-order chi connectivity index (χ1) is 7.22. The molecule has 0 saturated carbocycles. The maximum atomic E-state index is 11.6. The average molecular weight is 210 g/mol. The number of hydrogen-bond acceptors (Lipinski definition) is 2. The monoisotopic (exact) mass is 210 g/mol. The van der Waals surface area contributed by atoms with Crippen molar-refractivity contribution in [3.63, 3.8) is 0 Å². The normalized spacial score (nSPS) is 23.1. The van der Waals surface area contributed by atoms with Crippen LogP contribution < -0.4 is 10.6 Å². The molecule has 0 bridgehead atoms. The van der Waals surface area contributed by atoms with Gasteiger partial charge in [-0.2, -0.15) is 0 Å². The third kappa shape index (κ3) is 4.98. The fourth-order valence-electron chi connectivity index (χ4n) is 2.00. The Morgan fingerprint density at radius 1 is 1.73 bits per heavy atom. The van der Waals surface area contributed by atoms with E-state index in [4.69, 9.17) is 0 Å². The van der Waals surface area contributed by atoms with Crippen molar-refractivity contribution in [1.29, 1.82) is 0 Å². The lowest BCUT2D eigenvalue weighted by molar-refractivity contribution is -0.122. The van der Waals surface area contributed by atoms with E-state index in [-0.39, 0.29) is 11.9 Å². The standard InChI is InChI=1S/C12H22N2O/c1-3-5-10(2)14-12(15)8-11-6-4-7-13-9-11/h3,10-11,13H,1,4-9H2,2H3,(H,14,15). The number of carbonyl (C=O) groups excluding carboxylic acids is 1. The van der Waals surface area contributed by atoms with E-state index in [1.807, 2.05) is 13.0 Å². The summed E-state index contributed by atoms with van der Waals surface area (Å²) < 4.78 is 0. The maximum Gasteiger partial charge on any atom is 0.220 e. The first-order valence-electron chi connectivity index (χ1n) is 5.83. The van der Waals surface area contributed by atoms with Crippen LogP contribution >= 0.6 is 0 Å². The Hall–Kier alpha value is -0.830. The fourth-order valence-corrected chi connectivity index (χ4v) is 2.00. The Morgan fingerprint density at radius 2 is 2.53 bits per heavy atom. The number of amides is 1. The third-order valence-corrected chi connectivity index (χ3v) is 2.80. The second-order valence-corrected chi connectivity index (χ2v) is 4.41. The van der Waals surface area contributed by atoms with Gasteiger partial charge in [-0.1, -0.05) is 6.08 Å². The molecule has 1 aliphatic heterocycles. The van der Waals surface area contributed by atoms with Gasteiger partial charge in [0.1, 0.15) is 0 Å². The van der Waals surface area contributed by atoms with Gasteiger partial charge < -0.3 is 10.6 Å². The van der Waals surface area contributed by atoms with E-state index in [2.05, 4.69) is 17.2 Å². The van der Waals surface area contributed by atoms with Crippen molar-refractivity contribution >= 4 is 5.91 Å². The summed E-state index contributed by atoms with van der Waals surface area (Å²) in [4.78, 5) is 11.6. The van der Waals surface area contributed by atoms with Crippen LogP contribution in [-0.2, 0) is 4.79 Å². The molecule has 0 spiro atoms.